The summed E-state index contributed by atoms with van der Waals surface area (Å²) in [6.07, 6.45) is -4.78. The van der Waals surface area contributed by atoms with Crippen LogP contribution in [0.2, 0.25) is 0 Å². The molecular formula is C17H14F3NO3. The Bertz CT molecular complexity index is 729. The van der Waals surface area contributed by atoms with Gasteiger partial charge in [-0.1, -0.05) is 12.1 Å². The molecule has 4 nitrogen and oxygen atoms in total. The Morgan fingerprint density at radius 2 is 1.75 bits per heavy atom. The highest BCUT2D eigenvalue weighted by molar-refractivity contribution is 5.94. The molecule has 126 valence electrons. The van der Waals surface area contributed by atoms with Crippen molar-refractivity contribution in [2.75, 3.05) is 13.2 Å². The van der Waals surface area contributed by atoms with Crippen molar-refractivity contribution in [3.05, 3.63) is 59.7 Å². The van der Waals surface area contributed by atoms with Gasteiger partial charge in [0.1, 0.15) is 12.7 Å². The molecule has 0 saturated heterocycles. The molecule has 1 amide bonds. The minimum absolute atomic E-state index is 0.153. The molecule has 1 aliphatic rings. The lowest BCUT2D eigenvalue weighted by Gasteiger charge is -2.26. The number of benzene rings is 2. The van der Waals surface area contributed by atoms with Gasteiger partial charge in [0.2, 0.25) is 0 Å². The lowest BCUT2D eigenvalue weighted by molar-refractivity contribution is -0.137. The zero-order chi connectivity index (χ0) is 17.2. The SMILES string of the molecule is O=C(NC[C@@H]1COc2ccccc2O1)c1ccc(C(F)(F)F)cc1. The molecule has 0 bridgehead atoms. The molecule has 1 atom stereocenters. The van der Waals surface area contributed by atoms with E-state index < -0.39 is 17.6 Å². The quantitative estimate of drug-likeness (QED) is 0.935. The predicted molar refractivity (Wildman–Crippen MR) is 80.1 cm³/mol. The summed E-state index contributed by atoms with van der Waals surface area (Å²) in [5.41, 5.74) is -0.639. The van der Waals surface area contributed by atoms with Crippen LogP contribution in [0.1, 0.15) is 15.9 Å². The van der Waals surface area contributed by atoms with Crippen molar-refractivity contribution in [2.45, 2.75) is 12.3 Å². The third kappa shape index (κ3) is 3.61. The molecule has 24 heavy (non-hydrogen) atoms. The summed E-state index contributed by atoms with van der Waals surface area (Å²) >= 11 is 0. The lowest BCUT2D eigenvalue weighted by Crippen LogP contribution is -2.40. The van der Waals surface area contributed by atoms with E-state index in [9.17, 15) is 18.0 Å². The molecule has 0 saturated carbocycles. The maximum absolute atomic E-state index is 12.5. The number of hydrogen-bond acceptors (Lipinski definition) is 3. The molecule has 7 heteroatoms. The van der Waals surface area contributed by atoms with Crippen LogP contribution in [0, 0.1) is 0 Å². The van der Waals surface area contributed by atoms with E-state index in [0.29, 0.717) is 11.5 Å². The Morgan fingerprint density at radius 1 is 1.08 bits per heavy atom. The van der Waals surface area contributed by atoms with E-state index in [0.717, 1.165) is 24.3 Å². The number of para-hydroxylation sites is 2. The first kappa shape index (κ1) is 16.2. The van der Waals surface area contributed by atoms with Gasteiger partial charge in [-0.05, 0) is 36.4 Å². The minimum Gasteiger partial charge on any atom is -0.486 e. The van der Waals surface area contributed by atoms with Crippen molar-refractivity contribution in [1.82, 2.24) is 5.32 Å². The number of rotatable bonds is 3. The van der Waals surface area contributed by atoms with Crippen LogP contribution in [0.15, 0.2) is 48.5 Å². The lowest BCUT2D eigenvalue weighted by atomic mass is 10.1. The summed E-state index contributed by atoms with van der Waals surface area (Å²) in [5.74, 6) is 0.770. The Balaban J connectivity index is 1.56. The van der Waals surface area contributed by atoms with Gasteiger partial charge in [-0.2, -0.15) is 13.2 Å². The largest absolute Gasteiger partial charge is 0.486 e. The second kappa shape index (κ2) is 6.43. The summed E-state index contributed by atoms with van der Waals surface area (Å²) in [6, 6.07) is 11.2. The number of halogens is 3. The number of carbonyl (C=O) groups is 1. The van der Waals surface area contributed by atoms with E-state index in [4.69, 9.17) is 9.47 Å². The summed E-state index contributed by atoms with van der Waals surface area (Å²) in [6.45, 7) is 0.471. The molecule has 1 aliphatic heterocycles. The Kier molecular flexibility index (Phi) is 4.33. The Labute approximate surface area is 136 Å². The van der Waals surface area contributed by atoms with Crippen LogP contribution in [-0.4, -0.2) is 25.2 Å². The summed E-state index contributed by atoms with van der Waals surface area (Å²) in [5, 5.41) is 2.63. The molecule has 3 rings (SSSR count). The van der Waals surface area contributed by atoms with Gasteiger partial charge in [0.25, 0.3) is 5.91 Å². The number of hydrogen-bond donors (Lipinski definition) is 1. The zero-order valence-electron chi connectivity index (χ0n) is 12.5. The molecule has 1 N–H and O–H groups in total. The maximum Gasteiger partial charge on any atom is 0.416 e. The fourth-order valence-corrected chi connectivity index (χ4v) is 2.28. The molecular weight excluding hydrogens is 323 g/mol. The number of ether oxygens (including phenoxy) is 2. The molecule has 0 spiro atoms. The molecule has 2 aromatic carbocycles. The van der Waals surface area contributed by atoms with Gasteiger partial charge in [0, 0.05) is 5.56 Å². The molecule has 0 unspecified atom stereocenters. The van der Waals surface area contributed by atoms with Gasteiger partial charge in [-0.15, -0.1) is 0 Å². The first-order chi connectivity index (χ1) is 11.4. The van der Waals surface area contributed by atoms with Crippen molar-refractivity contribution in [1.29, 1.82) is 0 Å². The highest BCUT2D eigenvalue weighted by Crippen LogP contribution is 2.31. The average Bonchev–Trinajstić information content (AvgIpc) is 2.59. The van der Waals surface area contributed by atoms with Crippen molar-refractivity contribution in [2.24, 2.45) is 0 Å². The Hall–Kier alpha value is -2.70. The fraction of sp³-hybridized carbons (Fsp3) is 0.235. The van der Waals surface area contributed by atoms with Gasteiger partial charge in [-0.25, -0.2) is 0 Å². The number of alkyl halides is 3. The van der Waals surface area contributed by atoms with Gasteiger partial charge >= 0.3 is 6.18 Å². The van der Waals surface area contributed by atoms with Crippen molar-refractivity contribution in [3.63, 3.8) is 0 Å². The second-order valence-corrected chi connectivity index (χ2v) is 5.28. The summed E-state index contributed by atoms with van der Waals surface area (Å²) in [7, 11) is 0. The van der Waals surface area contributed by atoms with Gasteiger partial charge in [0.05, 0.1) is 12.1 Å². The third-order valence-corrected chi connectivity index (χ3v) is 3.53. The summed E-state index contributed by atoms with van der Waals surface area (Å²) < 4.78 is 48.7. The van der Waals surface area contributed by atoms with Crippen LogP contribution >= 0.6 is 0 Å². The van der Waals surface area contributed by atoms with E-state index in [-0.39, 0.29) is 24.8 Å². The molecule has 0 aromatic heterocycles. The third-order valence-electron chi connectivity index (χ3n) is 3.53. The standard InChI is InChI=1S/C17H14F3NO3/c18-17(19,20)12-7-5-11(6-8-12)16(22)21-9-13-10-23-14-3-1-2-4-15(14)24-13/h1-8,13H,9-10H2,(H,21,22)/t13-/m1/s1. The average molecular weight is 337 g/mol. The zero-order valence-corrected chi connectivity index (χ0v) is 12.5. The van der Waals surface area contributed by atoms with Gasteiger partial charge in [0.15, 0.2) is 11.5 Å². The minimum atomic E-state index is -4.42. The monoisotopic (exact) mass is 337 g/mol. The molecule has 0 fully saturated rings. The van der Waals surface area contributed by atoms with E-state index >= 15 is 0 Å². The van der Waals surface area contributed by atoms with Crippen molar-refractivity contribution < 1.29 is 27.4 Å². The molecule has 2 aromatic rings. The second-order valence-electron chi connectivity index (χ2n) is 5.28. The number of carbonyl (C=O) groups excluding carboxylic acids is 1. The topological polar surface area (TPSA) is 47.6 Å². The van der Waals surface area contributed by atoms with Crippen molar-refractivity contribution in [3.8, 4) is 11.5 Å². The fourth-order valence-electron chi connectivity index (χ4n) is 2.28. The number of nitrogens with one attached hydrogen (secondary N) is 1. The van der Waals surface area contributed by atoms with E-state index in [1.165, 1.54) is 0 Å². The number of amides is 1. The first-order valence-electron chi connectivity index (χ1n) is 7.27. The van der Waals surface area contributed by atoms with E-state index in [1.54, 1.807) is 12.1 Å². The molecule has 0 radical (unpaired) electrons. The Morgan fingerprint density at radius 3 is 2.42 bits per heavy atom. The van der Waals surface area contributed by atoms with Crippen LogP contribution in [0.5, 0.6) is 11.5 Å². The molecule has 0 aliphatic carbocycles. The van der Waals surface area contributed by atoms with E-state index in [2.05, 4.69) is 5.32 Å². The predicted octanol–water partition coefficient (Wildman–Crippen LogP) is 3.28. The highest BCUT2D eigenvalue weighted by atomic mass is 19.4. The first-order valence-corrected chi connectivity index (χ1v) is 7.27. The van der Waals surface area contributed by atoms with Crippen LogP contribution < -0.4 is 14.8 Å². The van der Waals surface area contributed by atoms with Gasteiger partial charge < -0.3 is 14.8 Å². The van der Waals surface area contributed by atoms with Crippen LogP contribution in [0.4, 0.5) is 13.2 Å². The highest BCUT2D eigenvalue weighted by Gasteiger charge is 2.30. The van der Waals surface area contributed by atoms with Crippen LogP contribution in [0.3, 0.4) is 0 Å². The normalized spacial score (nSPS) is 16.5. The van der Waals surface area contributed by atoms with Crippen molar-refractivity contribution >= 4 is 5.91 Å². The van der Waals surface area contributed by atoms with E-state index in [1.807, 2.05) is 12.1 Å². The van der Waals surface area contributed by atoms with Crippen LogP contribution in [-0.2, 0) is 6.18 Å². The van der Waals surface area contributed by atoms with Crippen LogP contribution in [0.25, 0.3) is 0 Å². The van der Waals surface area contributed by atoms with Gasteiger partial charge in [-0.3, -0.25) is 4.79 Å². The maximum atomic E-state index is 12.5. The summed E-state index contributed by atoms with van der Waals surface area (Å²) in [4.78, 5) is 12.0. The smallest absolute Gasteiger partial charge is 0.416 e. The molecule has 1 heterocycles. The number of fused-ring (bicyclic) bond motifs is 1.